The van der Waals surface area contributed by atoms with Crippen molar-refractivity contribution in [3.8, 4) is 11.5 Å². The van der Waals surface area contributed by atoms with E-state index >= 15 is 0 Å². The molecule has 4 rings (SSSR count). The van der Waals surface area contributed by atoms with Crippen molar-refractivity contribution in [2.24, 2.45) is 0 Å². The van der Waals surface area contributed by atoms with Gasteiger partial charge in [-0.2, -0.15) is 0 Å². The third-order valence-corrected chi connectivity index (χ3v) is 4.83. The molecule has 1 aliphatic carbocycles. The van der Waals surface area contributed by atoms with Crippen LogP contribution >= 0.6 is 11.3 Å². The summed E-state index contributed by atoms with van der Waals surface area (Å²) in [7, 11) is 0. The Labute approximate surface area is 115 Å². The first-order chi connectivity index (χ1) is 9.22. The average molecular weight is 270 g/mol. The van der Waals surface area contributed by atoms with E-state index in [-0.39, 0.29) is 0 Å². The van der Waals surface area contributed by atoms with Crippen molar-refractivity contribution in [3.63, 3.8) is 0 Å². The molecule has 19 heavy (non-hydrogen) atoms. The number of hydrogen-bond acceptors (Lipinski definition) is 4. The number of rotatable bonds is 1. The topological polar surface area (TPSA) is 52.0 Å². The Kier molecular flexibility index (Phi) is 2.23. The van der Waals surface area contributed by atoms with Crippen LogP contribution in [0.25, 0.3) is 22.6 Å². The summed E-state index contributed by atoms with van der Waals surface area (Å²) in [6.45, 7) is 2.05. The van der Waals surface area contributed by atoms with Crippen LogP contribution in [0, 0.1) is 6.92 Å². The molecule has 2 aromatic heterocycles. The van der Waals surface area contributed by atoms with E-state index in [0.717, 1.165) is 34.5 Å². The van der Waals surface area contributed by atoms with E-state index in [0.29, 0.717) is 5.89 Å². The molecule has 0 unspecified atom stereocenters. The summed E-state index contributed by atoms with van der Waals surface area (Å²) >= 11 is 1.69. The summed E-state index contributed by atoms with van der Waals surface area (Å²) in [6, 6.07) is 6.07. The van der Waals surface area contributed by atoms with E-state index in [4.69, 9.17) is 10.2 Å². The van der Waals surface area contributed by atoms with Crippen molar-refractivity contribution in [2.75, 3.05) is 5.73 Å². The van der Waals surface area contributed by atoms with E-state index in [1.165, 1.54) is 22.4 Å². The number of oxazole rings is 1. The Morgan fingerprint density at radius 2 is 2.21 bits per heavy atom. The monoisotopic (exact) mass is 270 g/mol. The first-order valence-electron chi connectivity index (χ1n) is 6.50. The van der Waals surface area contributed by atoms with Crippen LogP contribution in [-0.4, -0.2) is 4.98 Å². The Morgan fingerprint density at radius 1 is 1.32 bits per heavy atom. The molecule has 0 radical (unpaired) electrons. The molecule has 96 valence electrons. The highest BCUT2D eigenvalue weighted by Crippen LogP contribution is 2.43. The minimum Gasteiger partial charge on any atom is -0.436 e. The molecule has 4 heteroatoms. The lowest BCUT2D eigenvalue weighted by Crippen LogP contribution is -1.88. The molecule has 3 aromatic rings. The molecule has 0 spiro atoms. The number of aryl methyl sites for hydroxylation is 2. The zero-order valence-electron chi connectivity index (χ0n) is 10.7. The van der Waals surface area contributed by atoms with Gasteiger partial charge in [0, 0.05) is 4.88 Å². The fourth-order valence-electron chi connectivity index (χ4n) is 2.80. The Hall–Kier alpha value is -1.81. The second-order valence-electron chi connectivity index (χ2n) is 5.09. The smallest absolute Gasteiger partial charge is 0.230 e. The summed E-state index contributed by atoms with van der Waals surface area (Å²) in [4.78, 5) is 6.00. The van der Waals surface area contributed by atoms with Gasteiger partial charge in [-0.15, -0.1) is 11.3 Å². The highest BCUT2D eigenvalue weighted by Gasteiger charge is 2.24. The highest BCUT2D eigenvalue weighted by atomic mass is 32.1. The Bertz CT molecular complexity index is 785. The largest absolute Gasteiger partial charge is 0.436 e. The van der Waals surface area contributed by atoms with Gasteiger partial charge >= 0.3 is 0 Å². The Morgan fingerprint density at radius 3 is 3.11 bits per heavy atom. The number of nitrogens with zero attached hydrogens (tertiary/aromatic N) is 1. The summed E-state index contributed by atoms with van der Waals surface area (Å²) in [5.41, 5.74) is 11.5. The second-order valence-corrected chi connectivity index (χ2v) is 6.22. The maximum Gasteiger partial charge on any atom is 0.230 e. The van der Waals surface area contributed by atoms with Gasteiger partial charge in [0.05, 0.1) is 10.6 Å². The van der Waals surface area contributed by atoms with Gasteiger partial charge in [-0.3, -0.25) is 0 Å². The molecule has 1 aromatic carbocycles. The fourth-order valence-corrected chi connectivity index (χ4v) is 3.95. The normalized spacial score (nSPS) is 14.2. The van der Waals surface area contributed by atoms with E-state index in [2.05, 4.69) is 18.0 Å². The molecule has 1 aliphatic rings. The molecule has 0 aliphatic heterocycles. The zero-order valence-corrected chi connectivity index (χ0v) is 11.5. The lowest BCUT2D eigenvalue weighted by atomic mass is 10.1. The molecule has 3 nitrogen and oxygen atoms in total. The van der Waals surface area contributed by atoms with Crippen LogP contribution in [0.4, 0.5) is 5.00 Å². The number of hydrogen-bond donors (Lipinski definition) is 1. The average Bonchev–Trinajstić information content (AvgIpc) is 3.01. The quantitative estimate of drug-likeness (QED) is 0.728. The third-order valence-electron chi connectivity index (χ3n) is 3.71. The van der Waals surface area contributed by atoms with Crippen molar-refractivity contribution in [1.82, 2.24) is 4.98 Å². The summed E-state index contributed by atoms with van der Waals surface area (Å²) < 4.78 is 5.91. The predicted octanol–water partition coefficient (Wildman–Crippen LogP) is 3.94. The van der Waals surface area contributed by atoms with Crippen molar-refractivity contribution >= 4 is 27.4 Å². The van der Waals surface area contributed by atoms with Crippen LogP contribution < -0.4 is 5.73 Å². The number of fused-ring (bicyclic) bond motifs is 2. The van der Waals surface area contributed by atoms with Gasteiger partial charge in [0.2, 0.25) is 5.89 Å². The van der Waals surface area contributed by atoms with Gasteiger partial charge in [0.1, 0.15) is 5.52 Å². The van der Waals surface area contributed by atoms with Crippen LogP contribution in [0.2, 0.25) is 0 Å². The van der Waals surface area contributed by atoms with Gasteiger partial charge in [-0.25, -0.2) is 4.98 Å². The first kappa shape index (κ1) is 11.1. The van der Waals surface area contributed by atoms with Crippen LogP contribution in [0.1, 0.15) is 22.4 Å². The van der Waals surface area contributed by atoms with Gasteiger partial charge < -0.3 is 10.2 Å². The Balaban J connectivity index is 1.95. The third kappa shape index (κ3) is 1.60. The minimum atomic E-state index is 0.678. The van der Waals surface area contributed by atoms with E-state index < -0.39 is 0 Å². The molecular formula is C15H14N2OS. The van der Waals surface area contributed by atoms with Gasteiger partial charge in [-0.1, -0.05) is 6.07 Å². The standard InChI is InChI=1S/C15H14N2OS/c1-8-5-6-10-11(7-8)18-15(17-10)13-9-3-2-4-12(9)19-14(13)16/h5-7H,2-4,16H2,1H3. The van der Waals surface area contributed by atoms with E-state index in [9.17, 15) is 0 Å². The summed E-state index contributed by atoms with van der Waals surface area (Å²) in [6.07, 6.45) is 3.45. The van der Waals surface area contributed by atoms with Crippen molar-refractivity contribution in [3.05, 3.63) is 34.2 Å². The second kappa shape index (κ2) is 3.84. The van der Waals surface area contributed by atoms with Gasteiger partial charge in [0.25, 0.3) is 0 Å². The number of anilines is 1. The number of nitrogens with two attached hydrogens (primary N) is 1. The SMILES string of the molecule is Cc1ccc2nc(-c3c(N)sc4c3CCC4)oc2c1. The number of benzene rings is 1. The molecule has 0 amide bonds. The van der Waals surface area contributed by atoms with Crippen molar-refractivity contribution < 1.29 is 4.42 Å². The summed E-state index contributed by atoms with van der Waals surface area (Å²) in [5.74, 6) is 0.678. The maximum absolute atomic E-state index is 6.15. The number of aromatic nitrogens is 1. The molecule has 0 fully saturated rings. The van der Waals surface area contributed by atoms with Crippen LogP contribution in [0.15, 0.2) is 22.6 Å². The minimum absolute atomic E-state index is 0.678. The van der Waals surface area contributed by atoms with Crippen molar-refractivity contribution in [2.45, 2.75) is 26.2 Å². The van der Waals surface area contributed by atoms with E-state index in [1.54, 1.807) is 11.3 Å². The van der Waals surface area contributed by atoms with Crippen LogP contribution in [-0.2, 0) is 12.8 Å². The first-order valence-corrected chi connectivity index (χ1v) is 7.31. The van der Waals surface area contributed by atoms with Crippen molar-refractivity contribution in [1.29, 1.82) is 0 Å². The van der Waals surface area contributed by atoms with Crippen LogP contribution in [0.5, 0.6) is 0 Å². The van der Waals surface area contributed by atoms with E-state index in [1.807, 2.05) is 12.1 Å². The fraction of sp³-hybridized carbons (Fsp3) is 0.267. The lowest BCUT2D eigenvalue weighted by molar-refractivity contribution is 0.619. The molecule has 0 saturated carbocycles. The molecule has 2 N–H and O–H groups in total. The van der Waals surface area contributed by atoms with Gasteiger partial charge in [-0.05, 0) is 49.4 Å². The predicted molar refractivity (Wildman–Crippen MR) is 78.5 cm³/mol. The maximum atomic E-state index is 6.15. The molecule has 0 saturated heterocycles. The number of nitrogen functional groups attached to an aromatic ring is 1. The molecule has 0 atom stereocenters. The lowest BCUT2D eigenvalue weighted by Gasteiger charge is -1.97. The number of thiophene rings is 1. The molecule has 0 bridgehead atoms. The highest BCUT2D eigenvalue weighted by molar-refractivity contribution is 7.16. The van der Waals surface area contributed by atoms with Gasteiger partial charge in [0.15, 0.2) is 5.58 Å². The molecule has 2 heterocycles. The van der Waals surface area contributed by atoms with Crippen LogP contribution in [0.3, 0.4) is 0 Å². The summed E-state index contributed by atoms with van der Waals surface area (Å²) in [5, 5.41) is 0.841. The zero-order chi connectivity index (χ0) is 13.0. The molecular weight excluding hydrogens is 256 g/mol.